The van der Waals surface area contributed by atoms with Crippen molar-refractivity contribution in [2.75, 3.05) is 6.61 Å². The molecule has 4 nitrogen and oxygen atoms in total. The Hall–Kier alpha value is -1.39. The van der Waals surface area contributed by atoms with E-state index in [9.17, 15) is 5.11 Å². The molecule has 1 aliphatic rings. The molecule has 0 aliphatic carbocycles. The molecule has 0 radical (unpaired) electrons. The van der Waals surface area contributed by atoms with E-state index in [4.69, 9.17) is 4.74 Å². The van der Waals surface area contributed by atoms with Crippen LogP contribution in [-0.2, 0) is 18.2 Å². The second-order valence-electron chi connectivity index (χ2n) is 5.46. The van der Waals surface area contributed by atoms with Crippen LogP contribution in [0.3, 0.4) is 0 Å². The van der Waals surface area contributed by atoms with Gasteiger partial charge in [-0.05, 0) is 18.4 Å². The van der Waals surface area contributed by atoms with Crippen LogP contribution in [0.5, 0.6) is 0 Å². The molecule has 1 fully saturated rings. The molecule has 3 rings (SSSR count). The lowest BCUT2D eigenvalue weighted by atomic mass is 9.96. The molecule has 0 bridgehead atoms. The number of rotatable bonds is 3. The van der Waals surface area contributed by atoms with Gasteiger partial charge in [0, 0.05) is 25.5 Å². The normalized spacial score (nSPS) is 25.0. The summed E-state index contributed by atoms with van der Waals surface area (Å²) in [6.45, 7) is 2.89. The van der Waals surface area contributed by atoms with E-state index >= 15 is 0 Å². The number of hydrogen-bond acceptors (Lipinski definition) is 3. The predicted molar refractivity (Wildman–Crippen MR) is 73.9 cm³/mol. The van der Waals surface area contributed by atoms with Crippen molar-refractivity contribution >= 4 is 10.9 Å². The molecule has 1 N–H and O–H groups in total. The van der Waals surface area contributed by atoms with Gasteiger partial charge in [0.25, 0.3) is 0 Å². The van der Waals surface area contributed by atoms with E-state index < -0.39 is 6.10 Å². The summed E-state index contributed by atoms with van der Waals surface area (Å²) < 4.78 is 7.50. The fourth-order valence-electron chi connectivity index (χ4n) is 2.96. The summed E-state index contributed by atoms with van der Waals surface area (Å²) in [4.78, 5) is 0. The van der Waals surface area contributed by atoms with Gasteiger partial charge in [0.05, 0.1) is 23.4 Å². The van der Waals surface area contributed by atoms with Gasteiger partial charge in [0.15, 0.2) is 0 Å². The fourth-order valence-corrected chi connectivity index (χ4v) is 2.96. The molecule has 1 aliphatic heterocycles. The van der Waals surface area contributed by atoms with Gasteiger partial charge in [-0.2, -0.15) is 5.10 Å². The molecule has 1 aromatic carbocycles. The number of hydrogen-bond donors (Lipinski definition) is 1. The molecule has 3 unspecified atom stereocenters. The molecular weight excluding hydrogens is 240 g/mol. The summed E-state index contributed by atoms with van der Waals surface area (Å²) in [5.74, 6) is 0.421. The Kier molecular flexibility index (Phi) is 3.29. The van der Waals surface area contributed by atoms with E-state index in [-0.39, 0.29) is 6.10 Å². The van der Waals surface area contributed by atoms with Crippen LogP contribution < -0.4 is 0 Å². The first-order chi connectivity index (χ1) is 9.16. The van der Waals surface area contributed by atoms with Crippen LogP contribution in [0.15, 0.2) is 24.3 Å². The molecular formula is C15H20N2O2. The van der Waals surface area contributed by atoms with Gasteiger partial charge < -0.3 is 9.84 Å². The van der Waals surface area contributed by atoms with Crippen LogP contribution in [0.2, 0.25) is 0 Å². The van der Waals surface area contributed by atoms with E-state index in [1.807, 2.05) is 29.9 Å². The highest BCUT2D eigenvalue weighted by atomic mass is 16.5. The maximum Gasteiger partial charge on any atom is 0.0864 e. The van der Waals surface area contributed by atoms with Gasteiger partial charge in [-0.1, -0.05) is 25.1 Å². The Labute approximate surface area is 113 Å². The van der Waals surface area contributed by atoms with Gasteiger partial charge in [-0.15, -0.1) is 0 Å². The van der Waals surface area contributed by atoms with Crippen molar-refractivity contribution < 1.29 is 9.84 Å². The van der Waals surface area contributed by atoms with E-state index in [0.717, 1.165) is 29.6 Å². The number of para-hydroxylation sites is 1. The van der Waals surface area contributed by atoms with Crippen LogP contribution in [0.4, 0.5) is 0 Å². The summed E-state index contributed by atoms with van der Waals surface area (Å²) >= 11 is 0. The molecule has 4 heteroatoms. The van der Waals surface area contributed by atoms with Crippen molar-refractivity contribution in [3.63, 3.8) is 0 Å². The summed E-state index contributed by atoms with van der Waals surface area (Å²) in [6.07, 6.45) is 1.05. The predicted octanol–water partition coefficient (Wildman–Crippen LogP) is 1.90. The Morgan fingerprint density at radius 3 is 3.00 bits per heavy atom. The molecule has 1 saturated heterocycles. The third kappa shape index (κ3) is 2.26. The zero-order chi connectivity index (χ0) is 13.4. The zero-order valence-corrected chi connectivity index (χ0v) is 11.4. The highest BCUT2D eigenvalue weighted by molar-refractivity contribution is 5.81. The maximum absolute atomic E-state index is 10.4. The average Bonchev–Trinajstić information content (AvgIpc) is 2.95. The van der Waals surface area contributed by atoms with Gasteiger partial charge in [-0.25, -0.2) is 0 Å². The minimum absolute atomic E-state index is 0.0548. The SMILES string of the molecule is CC1CCOC1C(O)Cc1nn(C)c2ccccc12. The highest BCUT2D eigenvalue weighted by Gasteiger charge is 2.31. The second kappa shape index (κ2) is 4.94. The second-order valence-corrected chi connectivity index (χ2v) is 5.46. The number of aliphatic hydroxyl groups is 1. The highest BCUT2D eigenvalue weighted by Crippen LogP contribution is 2.26. The fraction of sp³-hybridized carbons (Fsp3) is 0.533. The minimum atomic E-state index is -0.476. The molecule has 19 heavy (non-hydrogen) atoms. The van der Waals surface area contributed by atoms with Gasteiger partial charge >= 0.3 is 0 Å². The monoisotopic (exact) mass is 260 g/mol. The zero-order valence-electron chi connectivity index (χ0n) is 11.4. The van der Waals surface area contributed by atoms with E-state index in [2.05, 4.69) is 18.1 Å². The number of nitrogens with zero attached hydrogens (tertiary/aromatic N) is 2. The molecule has 0 amide bonds. The lowest BCUT2D eigenvalue weighted by Gasteiger charge is -2.20. The number of ether oxygens (including phenoxy) is 1. The van der Waals surface area contributed by atoms with E-state index in [0.29, 0.717) is 12.3 Å². The third-order valence-electron chi connectivity index (χ3n) is 4.06. The Balaban J connectivity index is 1.85. The average molecular weight is 260 g/mol. The number of aliphatic hydroxyl groups excluding tert-OH is 1. The summed E-state index contributed by atoms with van der Waals surface area (Å²) in [6, 6.07) is 8.12. The standard InChI is InChI=1S/C15H20N2O2/c1-10-7-8-19-15(10)14(18)9-12-11-5-3-4-6-13(11)17(2)16-12/h3-6,10,14-15,18H,7-9H2,1-2H3. The summed E-state index contributed by atoms with van der Waals surface area (Å²) in [5.41, 5.74) is 2.05. The topological polar surface area (TPSA) is 47.3 Å². The first-order valence-corrected chi connectivity index (χ1v) is 6.87. The Bertz CT molecular complexity index is 579. The van der Waals surface area contributed by atoms with Crippen molar-refractivity contribution in [1.29, 1.82) is 0 Å². The largest absolute Gasteiger partial charge is 0.390 e. The first-order valence-electron chi connectivity index (χ1n) is 6.87. The van der Waals surface area contributed by atoms with Crippen molar-refractivity contribution in [2.24, 2.45) is 13.0 Å². The third-order valence-corrected chi connectivity index (χ3v) is 4.06. The van der Waals surface area contributed by atoms with Crippen LogP contribution >= 0.6 is 0 Å². The maximum atomic E-state index is 10.4. The van der Waals surface area contributed by atoms with Gasteiger partial charge in [0.1, 0.15) is 0 Å². The van der Waals surface area contributed by atoms with Crippen molar-refractivity contribution in [3.8, 4) is 0 Å². The van der Waals surface area contributed by atoms with Crippen molar-refractivity contribution in [3.05, 3.63) is 30.0 Å². The smallest absolute Gasteiger partial charge is 0.0864 e. The van der Waals surface area contributed by atoms with Gasteiger partial charge in [0.2, 0.25) is 0 Å². The summed E-state index contributed by atoms with van der Waals surface area (Å²) in [5, 5.41) is 16.0. The number of aryl methyl sites for hydroxylation is 1. The van der Waals surface area contributed by atoms with Crippen molar-refractivity contribution in [1.82, 2.24) is 9.78 Å². The summed E-state index contributed by atoms with van der Waals surface area (Å²) in [7, 11) is 1.94. The molecule has 2 heterocycles. The van der Waals surface area contributed by atoms with Crippen LogP contribution in [0.25, 0.3) is 10.9 Å². The van der Waals surface area contributed by atoms with Crippen LogP contribution in [0.1, 0.15) is 19.0 Å². The first kappa shape index (κ1) is 12.6. The van der Waals surface area contributed by atoms with E-state index in [1.165, 1.54) is 0 Å². The number of aromatic nitrogens is 2. The number of fused-ring (bicyclic) bond motifs is 1. The molecule has 0 saturated carbocycles. The van der Waals surface area contributed by atoms with Gasteiger partial charge in [-0.3, -0.25) is 4.68 Å². The molecule has 3 atom stereocenters. The van der Waals surface area contributed by atoms with E-state index in [1.54, 1.807) is 0 Å². The Morgan fingerprint density at radius 1 is 1.47 bits per heavy atom. The number of benzene rings is 1. The molecule has 102 valence electrons. The lowest BCUT2D eigenvalue weighted by molar-refractivity contribution is -0.0160. The molecule has 1 aromatic heterocycles. The van der Waals surface area contributed by atoms with Crippen molar-refractivity contribution in [2.45, 2.75) is 32.0 Å². The molecule has 0 spiro atoms. The minimum Gasteiger partial charge on any atom is -0.390 e. The quantitative estimate of drug-likeness (QED) is 0.917. The van der Waals surface area contributed by atoms with Crippen LogP contribution in [-0.4, -0.2) is 33.7 Å². The molecule has 2 aromatic rings. The van der Waals surface area contributed by atoms with Crippen LogP contribution in [0, 0.1) is 5.92 Å². The lowest BCUT2D eigenvalue weighted by Crippen LogP contribution is -2.32. The Morgan fingerprint density at radius 2 is 2.26 bits per heavy atom.